The predicted molar refractivity (Wildman–Crippen MR) is 71.5 cm³/mol. The van der Waals surface area contributed by atoms with Crippen molar-refractivity contribution in [3.05, 3.63) is 24.0 Å². The summed E-state index contributed by atoms with van der Waals surface area (Å²) in [5, 5.41) is 0.0637. The Morgan fingerprint density at radius 2 is 2.15 bits per heavy atom. The highest BCUT2D eigenvalue weighted by Crippen LogP contribution is 2.23. The first-order valence-electron chi connectivity index (χ1n) is 6.11. The number of primary amides is 1. The molecule has 8 nitrogen and oxygen atoms in total. The number of hydrogen-bond donors (Lipinski definition) is 1. The molecule has 1 unspecified atom stereocenters. The third-order valence-electron chi connectivity index (χ3n) is 3.16. The average molecular weight is 294 g/mol. The standard InChI is InChI=1S/C11H12ClN7O/c12-9-15-10(18-5-3-14-6-18)17-11(16-9)19-4-1-2-7(19)8(13)20/h3,5-7H,1-2,4H2,(H2,13,20). The third-order valence-corrected chi connectivity index (χ3v) is 3.33. The molecular formula is C11H12ClN7O. The summed E-state index contributed by atoms with van der Waals surface area (Å²) in [6.45, 7) is 0.664. The van der Waals surface area contributed by atoms with E-state index in [9.17, 15) is 4.79 Å². The summed E-state index contributed by atoms with van der Waals surface area (Å²) in [4.78, 5) is 29.6. The van der Waals surface area contributed by atoms with Crippen LogP contribution in [0, 0.1) is 0 Å². The van der Waals surface area contributed by atoms with Crippen LogP contribution in [0.15, 0.2) is 18.7 Å². The molecule has 2 N–H and O–H groups in total. The summed E-state index contributed by atoms with van der Waals surface area (Å²) in [5.41, 5.74) is 5.40. The highest BCUT2D eigenvalue weighted by atomic mass is 35.5. The Kier molecular flexibility index (Phi) is 3.23. The smallest absolute Gasteiger partial charge is 0.241 e. The van der Waals surface area contributed by atoms with Crippen LogP contribution in [0.25, 0.3) is 5.95 Å². The first-order chi connectivity index (χ1) is 9.65. The van der Waals surface area contributed by atoms with Gasteiger partial charge in [0, 0.05) is 18.9 Å². The number of nitrogens with two attached hydrogens (primary N) is 1. The van der Waals surface area contributed by atoms with Gasteiger partial charge in [-0.05, 0) is 24.4 Å². The second-order valence-corrected chi connectivity index (χ2v) is 4.77. The molecule has 1 saturated heterocycles. The lowest BCUT2D eigenvalue weighted by Gasteiger charge is -2.22. The van der Waals surface area contributed by atoms with Crippen molar-refractivity contribution in [2.45, 2.75) is 18.9 Å². The second kappa shape index (κ2) is 5.04. The number of halogens is 1. The van der Waals surface area contributed by atoms with Gasteiger partial charge in [0.15, 0.2) is 0 Å². The fraction of sp³-hybridized carbons (Fsp3) is 0.364. The number of amides is 1. The molecule has 104 valence electrons. The minimum atomic E-state index is -0.399. The fourth-order valence-corrected chi connectivity index (χ4v) is 2.40. The Morgan fingerprint density at radius 3 is 2.85 bits per heavy atom. The number of imidazole rings is 1. The van der Waals surface area contributed by atoms with Crippen LogP contribution in [0.5, 0.6) is 0 Å². The van der Waals surface area contributed by atoms with Crippen molar-refractivity contribution in [2.24, 2.45) is 5.73 Å². The summed E-state index contributed by atoms with van der Waals surface area (Å²) in [7, 11) is 0. The van der Waals surface area contributed by atoms with Crippen LogP contribution >= 0.6 is 11.6 Å². The Bertz CT molecular complexity index is 630. The topological polar surface area (TPSA) is 103 Å². The molecule has 3 heterocycles. The van der Waals surface area contributed by atoms with E-state index in [2.05, 4.69) is 19.9 Å². The highest BCUT2D eigenvalue weighted by molar-refractivity contribution is 6.28. The van der Waals surface area contributed by atoms with Gasteiger partial charge in [-0.3, -0.25) is 9.36 Å². The predicted octanol–water partition coefficient (Wildman–Crippen LogP) is 0.165. The maximum Gasteiger partial charge on any atom is 0.241 e. The molecule has 0 bridgehead atoms. The monoisotopic (exact) mass is 293 g/mol. The van der Waals surface area contributed by atoms with Crippen molar-refractivity contribution >= 4 is 23.5 Å². The van der Waals surface area contributed by atoms with Crippen molar-refractivity contribution < 1.29 is 4.79 Å². The van der Waals surface area contributed by atoms with Gasteiger partial charge in [0.2, 0.25) is 23.1 Å². The normalized spacial score (nSPS) is 18.4. The molecule has 2 aromatic rings. The van der Waals surface area contributed by atoms with E-state index in [1.165, 1.54) is 0 Å². The second-order valence-electron chi connectivity index (χ2n) is 4.43. The van der Waals surface area contributed by atoms with Crippen molar-refractivity contribution in [1.82, 2.24) is 24.5 Å². The number of aromatic nitrogens is 5. The Labute approximate surface area is 119 Å². The molecule has 1 aliphatic heterocycles. The minimum Gasteiger partial charge on any atom is -0.368 e. The zero-order valence-corrected chi connectivity index (χ0v) is 11.2. The summed E-state index contributed by atoms with van der Waals surface area (Å²) in [5.74, 6) is 0.325. The van der Waals surface area contributed by atoms with Crippen LogP contribution in [-0.4, -0.2) is 43.0 Å². The molecule has 0 radical (unpaired) electrons. The first-order valence-corrected chi connectivity index (χ1v) is 6.49. The van der Waals surface area contributed by atoms with Gasteiger partial charge in [-0.1, -0.05) is 0 Å². The van der Waals surface area contributed by atoms with Crippen LogP contribution in [0.3, 0.4) is 0 Å². The SMILES string of the molecule is NC(=O)C1CCCN1c1nc(Cl)nc(-n2ccnc2)n1. The summed E-state index contributed by atoms with van der Waals surface area (Å²) in [6.07, 6.45) is 6.42. The molecule has 20 heavy (non-hydrogen) atoms. The molecular weight excluding hydrogens is 282 g/mol. The zero-order chi connectivity index (χ0) is 14.1. The number of nitrogens with zero attached hydrogens (tertiary/aromatic N) is 6. The van der Waals surface area contributed by atoms with Gasteiger partial charge in [-0.15, -0.1) is 0 Å². The van der Waals surface area contributed by atoms with Gasteiger partial charge in [0.05, 0.1) is 0 Å². The summed E-state index contributed by atoms with van der Waals surface area (Å²) in [6, 6.07) is -0.399. The summed E-state index contributed by atoms with van der Waals surface area (Å²) >= 11 is 5.93. The Hall–Kier alpha value is -2.22. The molecule has 0 aromatic carbocycles. The van der Waals surface area contributed by atoms with Crippen LogP contribution < -0.4 is 10.6 Å². The van der Waals surface area contributed by atoms with E-state index < -0.39 is 6.04 Å². The maximum absolute atomic E-state index is 11.4. The largest absolute Gasteiger partial charge is 0.368 e. The Morgan fingerprint density at radius 1 is 1.35 bits per heavy atom. The number of carbonyl (C=O) groups is 1. The lowest BCUT2D eigenvalue weighted by atomic mass is 10.2. The molecule has 0 aliphatic carbocycles. The van der Waals surface area contributed by atoms with E-state index in [0.29, 0.717) is 24.9 Å². The number of hydrogen-bond acceptors (Lipinski definition) is 6. The molecule has 1 amide bonds. The third kappa shape index (κ3) is 2.29. The average Bonchev–Trinajstić information content (AvgIpc) is 3.09. The van der Waals surface area contributed by atoms with Gasteiger partial charge < -0.3 is 10.6 Å². The molecule has 1 fully saturated rings. The fourth-order valence-electron chi connectivity index (χ4n) is 2.25. The van der Waals surface area contributed by atoms with Gasteiger partial charge >= 0.3 is 0 Å². The van der Waals surface area contributed by atoms with Gasteiger partial charge in [-0.2, -0.15) is 15.0 Å². The maximum atomic E-state index is 11.4. The zero-order valence-electron chi connectivity index (χ0n) is 10.5. The molecule has 9 heteroatoms. The van der Waals surface area contributed by atoms with Crippen LogP contribution in [0.1, 0.15) is 12.8 Å². The lowest BCUT2D eigenvalue weighted by Crippen LogP contribution is -2.41. The van der Waals surface area contributed by atoms with Crippen LogP contribution in [-0.2, 0) is 4.79 Å². The van der Waals surface area contributed by atoms with Crippen LogP contribution in [0.4, 0.5) is 5.95 Å². The Balaban J connectivity index is 2.00. The summed E-state index contributed by atoms with van der Waals surface area (Å²) < 4.78 is 1.62. The van der Waals surface area contributed by atoms with Crippen LogP contribution in [0.2, 0.25) is 5.28 Å². The molecule has 2 aromatic heterocycles. The van der Waals surface area contributed by atoms with E-state index in [1.54, 1.807) is 28.2 Å². The number of rotatable bonds is 3. The molecule has 3 rings (SSSR count). The van der Waals surface area contributed by atoms with Crippen molar-refractivity contribution in [3.63, 3.8) is 0 Å². The number of anilines is 1. The van der Waals surface area contributed by atoms with Crippen molar-refractivity contribution in [2.75, 3.05) is 11.4 Å². The minimum absolute atomic E-state index is 0.0637. The quantitative estimate of drug-likeness (QED) is 0.865. The van der Waals surface area contributed by atoms with E-state index in [4.69, 9.17) is 17.3 Å². The van der Waals surface area contributed by atoms with Crippen molar-refractivity contribution in [3.8, 4) is 5.95 Å². The van der Waals surface area contributed by atoms with E-state index in [0.717, 1.165) is 6.42 Å². The van der Waals surface area contributed by atoms with Gasteiger partial charge in [0.25, 0.3) is 0 Å². The van der Waals surface area contributed by atoms with Gasteiger partial charge in [0.1, 0.15) is 12.4 Å². The molecule has 0 saturated carbocycles. The molecule has 1 atom stereocenters. The van der Waals surface area contributed by atoms with Gasteiger partial charge in [-0.25, -0.2) is 4.98 Å². The molecule has 1 aliphatic rings. The lowest BCUT2D eigenvalue weighted by molar-refractivity contribution is -0.119. The number of carbonyl (C=O) groups excluding carboxylic acids is 1. The first kappa shape index (κ1) is 12.8. The van der Waals surface area contributed by atoms with E-state index in [1.807, 2.05) is 0 Å². The highest BCUT2D eigenvalue weighted by Gasteiger charge is 2.31. The van der Waals surface area contributed by atoms with Crippen molar-refractivity contribution in [1.29, 1.82) is 0 Å². The molecule has 0 spiro atoms. The van der Waals surface area contributed by atoms with E-state index in [-0.39, 0.29) is 11.2 Å². The van der Waals surface area contributed by atoms with E-state index >= 15 is 0 Å².